The van der Waals surface area contributed by atoms with Gasteiger partial charge in [0, 0.05) is 6.54 Å². The number of carbonyl (C=O) groups is 5. The quantitative estimate of drug-likeness (QED) is 0.261. The number of hydrogen-bond donors (Lipinski definition) is 5. The Morgan fingerprint density at radius 2 is 1.84 bits per heavy atom. The predicted molar refractivity (Wildman–Crippen MR) is 113 cm³/mol. The van der Waals surface area contributed by atoms with Crippen molar-refractivity contribution in [3.8, 4) is 0 Å². The number of amides is 3. The molecule has 2 aliphatic heterocycles. The number of carbonyl (C=O) groups excluding carboxylic acids is 3. The second kappa shape index (κ2) is 11.9. The van der Waals surface area contributed by atoms with Gasteiger partial charge in [0.2, 0.25) is 17.7 Å². The first-order valence-corrected chi connectivity index (χ1v) is 11.7. The van der Waals surface area contributed by atoms with E-state index in [2.05, 4.69) is 16.0 Å². The summed E-state index contributed by atoms with van der Waals surface area (Å²) in [6, 6.07) is -3.77. The Hall–Kier alpha value is -2.34. The van der Waals surface area contributed by atoms with Crippen molar-refractivity contribution in [3.05, 3.63) is 0 Å². The van der Waals surface area contributed by atoms with Crippen LogP contribution in [0.15, 0.2) is 0 Å². The van der Waals surface area contributed by atoms with Gasteiger partial charge < -0.3 is 31.1 Å². The maximum absolute atomic E-state index is 12.9. The van der Waals surface area contributed by atoms with E-state index in [4.69, 9.17) is 0 Å². The third kappa shape index (κ3) is 7.10. The largest absolute Gasteiger partial charge is 0.481 e. The number of rotatable bonds is 11. The summed E-state index contributed by atoms with van der Waals surface area (Å²) in [5, 5.41) is 26.7. The van der Waals surface area contributed by atoms with E-state index in [9.17, 15) is 34.2 Å². The van der Waals surface area contributed by atoms with Crippen LogP contribution in [-0.2, 0) is 24.0 Å². The lowest BCUT2D eigenvalue weighted by atomic mass is 10.1. The zero-order valence-electron chi connectivity index (χ0n) is 17.5. The van der Waals surface area contributed by atoms with Gasteiger partial charge in [0.05, 0.1) is 12.5 Å². The lowest BCUT2D eigenvalue weighted by Gasteiger charge is -2.28. The highest BCUT2D eigenvalue weighted by Crippen LogP contribution is 2.19. The monoisotopic (exact) mass is 458 g/mol. The van der Waals surface area contributed by atoms with Crippen LogP contribution in [-0.4, -0.2) is 94.0 Å². The summed E-state index contributed by atoms with van der Waals surface area (Å²) in [7, 11) is 0. The summed E-state index contributed by atoms with van der Waals surface area (Å²) in [6.45, 7) is 0.900. The van der Waals surface area contributed by atoms with Crippen LogP contribution in [0.5, 0.6) is 0 Å². The van der Waals surface area contributed by atoms with E-state index < -0.39 is 48.3 Å². The molecule has 3 amide bonds. The first kappa shape index (κ1) is 24.9. The number of hydrogen-bond acceptors (Lipinski definition) is 7. The number of carboxylic acid groups (broad SMARTS) is 2. The molecular weight excluding hydrogens is 428 g/mol. The van der Waals surface area contributed by atoms with E-state index in [1.165, 1.54) is 11.8 Å². The lowest BCUT2D eigenvalue weighted by Crippen LogP contribution is -2.57. The second-order valence-electron chi connectivity index (χ2n) is 7.68. The van der Waals surface area contributed by atoms with Crippen molar-refractivity contribution in [2.75, 3.05) is 25.1 Å². The van der Waals surface area contributed by atoms with Crippen molar-refractivity contribution in [2.45, 2.75) is 62.7 Å². The smallest absolute Gasteiger partial charge is 0.326 e. The molecule has 0 spiro atoms. The van der Waals surface area contributed by atoms with E-state index in [-0.39, 0.29) is 24.9 Å². The third-order valence-corrected chi connectivity index (χ3v) is 6.08. The Morgan fingerprint density at radius 1 is 1.10 bits per heavy atom. The minimum Gasteiger partial charge on any atom is -0.481 e. The molecule has 4 atom stereocenters. The molecule has 2 aliphatic rings. The zero-order chi connectivity index (χ0) is 23.0. The summed E-state index contributed by atoms with van der Waals surface area (Å²) >= 11 is 1.48. The topological polar surface area (TPSA) is 165 Å². The molecule has 0 radical (unpaired) electrons. The number of thioether (sulfide) groups is 1. The fraction of sp³-hybridized carbons (Fsp3) is 0.737. The summed E-state index contributed by atoms with van der Waals surface area (Å²) in [5.41, 5.74) is 0. The van der Waals surface area contributed by atoms with E-state index in [1.54, 1.807) is 0 Å². The fourth-order valence-electron chi connectivity index (χ4n) is 3.82. The highest BCUT2D eigenvalue weighted by molar-refractivity contribution is 7.98. The van der Waals surface area contributed by atoms with Crippen LogP contribution in [0.25, 0.3) is 0 Å². The normalized spacial score (nSPS) is 22.5. The standard InChI is InChI=1S/C19H30N4O7S/c1-31-9-6-12(21-16(26)11-4-2-7-20-11)17(27)22-13(10-15(24)25)18(28)23-8-3-5-14(23)19(29)30/h11-14,20H,2-10H2,1H3,(H,21,26)(H,22,27)(H,24,25)(H,29,30). The molecule has 11 nitrogen and oxygen atoms in total. The minimum absolute atomic E-state index is 0.182. The summed E-state index contributed by atoms with van der Waals surface area (Å²) in [6.07, 6.45) is 3.75. The second-order valence-corrected chi connectivity index (χ2v) is 8.66. The molecule has 0 aromatic carbocycles. The lowest BCUT2D eigenvalue weighted by molar-refractivity contribution is -0.150. The minimum atomic E-state index is -1.41. The van der Waals surface area contributed by atoms with Crippen LogP contribution in [0.1, 0.15) is 38.5 Å². The van der Waals surface area contributed by atoms with Crippen molar-refractivity contribution in [1.82, 2.24) is 20.9 Å². The molecular formula is C19H30N4O7S. The Labute approximate surface area is 184 Å². The van der Waals surface area contributed by atoms with Gasteiger partial charge in [0.25, 0.3) is 0 Å². The number of likely N-dealkylation sites (tertiary alicyclic amines) is 1. The van der Waals surface area contributed by atoms with Crippen LogP contribution >= 0.6 is 11.8 Å². The first-order valence-electron chi connectivity index (χ1n) is 10.3. The van der Waals surface area contributed by atoms with Gasteiger partial charge in [0.1, 0.15) is 18.1 Å². The van der Waals surface area contributed by atoms with Crippen LogP contribution in [0.2, 0.25) is 0 Å². The molecule has 0 saturated carbocycles. The van der Waals surface area contributed by atoms with Crippen molar-refractivity contribution in [2.24, 2.45) is 0 Å². The summed E-state index contributed by atoms with van der Waals surface area (Å²) in [5.74, 6) is -3.62. The van der Waals surface area contributed by atoms with Gasteiger partial charge >= 0.3 is 11.9 Å². The number of nitrogens with zero attached hydrogens (tertiary/aromatic N) is 1. The van der Waals surface area contributed by atoms with E-state index >= 15 is 0 Å². The molecule has 12 heteroatoms. The highest BCUT2D eigenvalue weighted by Gasteiger charge is 2.39. The molecule has 5 N–H and O–H groups in total. The molecule has 0 aliphatic carbocycles. The van der Waals surface area contributed by atoms with Crippen molar-refractivity contribution in [1.29, 1.82) is 0 Å². The van der Waals surface area contributed by atoms with Gasteiger partial charge in [-0.3, -0.25) is 19.2 Å². The maximum atomic E-state index is 12.9. The molecule has 2 fully saturated rings. The zero-order valence-corrected chi connectivity index (χ0v) is 18.3. The molecule has 31 heavy (non-hydrogen) atoms. The highest BCUT2D eigenvalue weighted by atomic mass is 32.2. The van der Waals surface area contributed by atoms with Gasteiger partial charge in [-0.25, -0.2) is 4.79 Å². The third-order valence-electron chi connectivity index (χ3n) is 5.43. The molecule has 0 bridgehead atoms. The Morgan fingerprint density at radius 3 is 2.42 bits per heavy atom. The summed E-state index contributed by atoms with van der Waals surface area (Å²) < 4.78 is 0. The number of carboxylic acids is 2. The first-order chi connectivity index (χ1) is 14.7. The average molecular weight is 459 g/mol. The Balaban J connectivity index is 2.10. The van der Waals surface area contributed by atoms with E-state index in [1.807, 2.05) is 6.26 Å². The van der Waals surface area contributed by atoms with Crippen LogP contribution in [0, 0.1) is 0 Å². The number of nitrogens with one attached hydrogen (secondary N) is 3. The van der Waals surface area contributed by atoms with E-state index in [0.717, 1.165) is 17.9 Å². The molecule has 2 rings (SSSR count). The number of aliphatic carboxylic acids is 2. The maximum Gasteiger partial charge on any atom is 0.326 e. The van der Waals surface area contributed by atoms with Gasteiger partial charge in [-0.15, -0.1) is 0 Å². The molecule has 2 saturated heterocycles. The predicted octanol–water partition coefficient (Wildman–Crippen LogP) is -0.989. The van der Waals surface area contributed by atoms with E-state index in [0.29, 0.717) is 25.0 Å². The van der Waals surface area contributed by atoms with Crippen molar-refractivity contribution < 1.29 is 34.2 Å². The molecule has 0 aromatic heterocycles. The molecule has 2 heterocycles. The van der Waals surface area contributed by atoms with Crippen molar-refractivity contribution in [3.63, 3.8) is 0 Å². The summed E-state index contributed by atoms with van der Waals surface area (Å²) in [4.78, 5) is 62.0. The van der Waals surface area contributed by atoms with Crippen LogP contribution in [0.3, 0.4) is 0 Å². The molecule has 4 unspecified atom stereocenters. The Kier molecular flexibility index (Phi) is 9.56. The Bertz CT molecular complexity index is 699. The van der Waals surface area contributed by atoms with Gasteiger partial charge in [-0.2, -0.15) is 11.8 Å². The van der Waals surface area contributed by atoms with Crippen LogP contribution < -0.4 is 16.0 Å². The van der Waals surface area contributed by atoms with Crippen LogP contribution in [0.4, 0.5) is 0 Å². The fourth-order valence-corrected chi connectivity index (χ4v) is 4.29. The molecule has 0 aromatic rings. The van der Waals surface area contributed by atoms with Gasteiger partial charge in [-0.05, 0) is 50.7 Å². The van der Waals surface area contributed by atoms with Crippen molar-refractivity contribution >= 4 is 41.4 Å². The molecule has 174 valence electrons. The van der Waals surface area contributed by atoms with Gasteiger partial charge in [-0.1, -0.05) is 0 Å². The average Bonchev–Trinajstić information content (AvgIpc) is 3.41. The SMILES string of the molecule is CSCCC(NC(=O)C1CCCN1)C(=O)NC(CC(=O)O)C(=O)N1CCCC1C(=O)O. The van der Waals surface area contributed by atoms with Gasteiger partial charge in [0.15, 0.2) is 0 Å².